The molecule has 0 spiro atoms. The summed E-state index contributed by atoms with van der Waals surface area (Å²) in [4.78, 5) is 0. The molecule has 2 heteroatoms. The van der Waals surface area contributed by atoms with E-state index in [1.807, 2.05) is 0 Å². The zero-order valence-electron chi connectivity index (χ0n) is 9.42. The van der Waals surface area contributed by atoms with E-state index in [0.717, 1.165) is 14.3 Å². The van der Waals surface area contributed by atoms with Gasteiger partial charge in [-0.25, -0.2) is 0 Å². The molecule has 0 N–H and O–H groups in total. The predicted molar refractivity (Wildman–Crippen MR) is 69.0 cm³/mol. The molecule has 0 aliphatic rings. The third-order valence-corrected chi connectivity index (χ3v) is 13.0. The van der Waals surface area contributed by atoms with E-state index in [0.29, 0.717) is 0 Å². The van der Waals surface area contributed by atoms with Crippen LogP contribution in [0.25, 0.3) is 0 Å². The van der Waals surface area contributed by atoms with Crippen LogP contribution in [-0.2, 0) is 0 Å². The van der Waals surface area contributed by atoms with Crippen LogP contribution in [0.2, 0.25) is 18.4 Å². The van der Waals surface area contributed by atoms with E-state index in [-0.39, 0.29) is 0 Å². The topological polar surface area (TPSA) is 0 Å². The summed E-state index contributed by atoms with van der Waals surface area (Å²) in [7, 11) is 0. The standard InChI is InChI=1S/C12H20SeSi/c1-4-5-11-13-14(2,3)12-9-7-6-8-10-12/h6-10H,4-5,11H2,1-3H3. The molecule has 78 valence electrons. The van der Waals surface area contributed by atoms with Gasteiger partial charge in [-0.3, -0.25) is 0 Å². The zero-order valence-corrected chi connectivity index (χ0v) is 12.1. The van der Waals surface area contributed by atoms with Crippen LogP contribution >= 0.6 is 0 Å². The van der Waals surface area contributed by atoms with Crippen molar-refractivity contribution in [2.45, 2.75) is 38.2 Å². The number of benzene rings is 1. The minimum atomic E-state index is -1.05. The van der Waals surface area contributed by atoms with Crippen LogP contribution in [0.3, 0.4) is 0 Å². The van der Waals surface area contributed by atoms with E-state index in [2.05, 4.69) is 50.3 Å². The zero-order chi connectivity index (χ0) is 10.4. The first-order valence-electron chi connectivity index (χ1n) is 5.36. The maximum absolute atomic E-state index is 2.51. The Kier molecular flexibility index (Phi) is 4.94. The van der Waals surface area contributed by atoms with Gasteiger partial charge in [0.05, 0.1) is 0 Å². The maximum atomic E-state index is 2.51. The van der Waals surface area contributed by atoms with Crippen LogP contribution in [0.1, 0.15) is 19.8 Å². The molecular weight excluding hydrogens is 251 g/mol. The average Bonchev–Trinajstić information content (AvgIpc) is 2.19. The van der Waals surface area contributed by atoms with E-state index in [1.165, 1.54) is 18.2 Å². The Hall–Kier alpha value is -0.0436. The summed E-state index contributed by atoms with van der Waals surface area (Å²) >= 11 is 0.865. The van der Waals surface area contributed by atoms with Crippen molar-refractivity contribution in [3.05, 3.63) is 30.3 Å². The monoisotopic (exact) mass is 272 g/mol. The van der Waals surface area contributed by atoms with Gasteiger partial charge in [-0.2, -0.15) is 0 Å². The summed E-state index contributed by atoms with van der Waals surface area (Å²) in [6.07, 6.45) is 2.77. The van der Waals surface area contributed by atoms with Crippen molar-refractivity contribution in [1.82, 2.24) is 0 Å². The molecule has 1 rings (SSSR count). The second kappa shape index (κ2) is 5.74. The van der Waals surface area contributed by atoms with Gasteiger partial charge in [0.2, 0.25) is 0 Å². The molecule has 14 heavy (non-hydrogen) atoms. The first-order chi connectivity index (χ1) is 6.67. The molecule has 0 heterocycles. The third kappa shape index (κ3) is 3.60. The molecule has 0 saturated carbocycles. The van der Waals surface area contributed by atoms with E-state index in [9.17, 15) is 0 Å². The van der Waals surface area contributed by atoms with Crippen molar-refractivity contribution < 1.29 is 0 Å². The number of unbranched alkanes of at least 4 members (excludes halogenated alkanes) is 1. The van der Waals surface area contributed by atoms with Gasteiger partial charge in [-0.05, 0) is 0 Å². The van der Waals surface area contributed by atoms with Crippen molar-refractivity contribution >= 4 is 26.2 Å². The van der Waals surface area contributed by atoms with E-state index in [1.54, 1.807) is 5.19 Å². The Labute approximate surface area is 94.7 Å². The molecule has 1 aromatic carbocycles. The van der Waals surface area contributed by atoms with Crippen molar-refractivity contribution in [2.75, 3.05) is 0 Å². The summed E-state index contributed by atoms with van der Waals surface area (Å²) in [5, 5.41) is 3.11. The summed E-state index contributed by atoms with van der Waals surface area (Å²) in [5.41, 5.74) is 0. The van der Waals surface area contributed by atoms with Crippen molar-refractivity contribution in [3.8, 4) is 0 Å². The average molecular weight is 271 g/mol. The van der Waals surface area contributed by atoms with Crippen LogP contribution in [0.4, 0.5) is 0 Å². The van der Waals surface area contributed by atoms with Crippen LogP contribution < -0.4 is 5.19 Å². The molecule has 0 nitrogen and oxygen atoms in total. The van der Waals surface area contributed by atoms with Gasteiger partial charge in [0, 0.05) is 0 Å². The van der Waals surface area contributed by atoms with Crippen LogP contribution in [0, 0.1) is 0 Å². The van der Waals surface area contributed by atoms with Crippen LogP contribution in [0.15, 0.2) is 30.3 Å². The van der Waals surface area contributed by atoms with E-state index in [4.69, 9.17) is 0 Å². The first-order valence-corrected chi connectivity index (χ1v) is 12.0. The molecule has 0 saturated heterocycles. The third-order valence-electron chi connectivity index (χ3n) is 2.43. The number of hydrogen-bond donors (Lipinski definition) is 0. The first kappa shape index (κ1) is 12.0. The number of rotatable bonds is 5. The molecular formula is C12H20SeSi. The summed E-state index contributed by atoms with van der Waals surface area (Å²) in [6.45, 7) is 6.25. The van der Waals surface area contributed by atoms with E-state index >= 15 is 0 Å². The van der Waals surface area contributed by atoms with Crippen LogP contribution in [0.5, 0.6) is 0 Å². The molecule has 0 unspecified atom stereocenters. The molecule has 0 fully saturated rings. The van der Waals surface area contributed by atoms with Gasteiger partial charge in [0.25, 0.3) is 0 Å². The molecule has 0 bridgehead atoms. The quantitative estimate of drug-likeness (QED) is 0.570. The Morgan fingerprint density at radius 3 is 2.36 bits per heavy atom. The fourth-order valence-corrected chi connectivity index (χ4v) is 9.84. The molecule has 0 atom stereocenters. The summed E-state index contributed by atoms with van der Waals surface area (Å²) in [6, 6.07) is 11.1. The molecule has 0 radical (unpaired) electrons. The van der Waals surface area contributed by atoms with Gasteiger partial charge in [-0.1, -0.05) is 0 Å². The van der Waals surface area contributed by atoms with Gasteiger partial charge >= 0.3 is 94.7 Å². The SMILES string of the molecule is CCCC[Se][Si](C)(C)c1ccccc1. The normalized spacial score (nSPS) is 11.6. The molecule has 0 aliphatic carbocycles. The van der Waals surface area contributed by atoms with Gasteiger partial charge in [0.15, 0.2) is 0 Å². The van der Waals surface area contributed by atoms with Crippen molar-refractivity contribution in [2.24, 2.45) is 0 Å². The predicted octanol–water partition coefficient (Wildman–Crippen LogP) is 3.02. The van der Waals surface area contributed by atoms with E-state index < -0.39 is 6.68 Å². The fourth-order valence-electron chi connectivity index (χ4n) is 1.39. The van der Waals surface area contributed by atoms with Gasteiger partial charge < -0.3 is 0 Å². The fraction of sp³-hybridized carbons (Fsp3) is 0.500. The van der Waals surface area contributed by atoms with Gasteiger partial charge in [0.1, 0.15) is 0 Å². The van der Waals surface area contributed by atoms with Crippen molar-refractivity contribution in [3.63, 3.8) is 0 Å². The molecule has 0 amide bonds. The van der Waals surface area contributed by atoms with Crippen LogP contribution in [-0.4, -0.2) is 21.0 Å². The Morgan fingerprint density at radius 1 is 1.14 bits per heavy atom. The minimum absolute atomic E-state index is 0.865. The Morgan fingerprint density at radius 2 is 1.79 bits per heavy atom. The Bertz CT molecular complexity index is 256. The summed E-state index contributed by atoms with van der Waals surface area (Å²) < 4.78 is 0. The molecule has 1 aromatic rings. The molecule has 0 aliphatic heterocycles. The summed E-state index contributed by atoms with van der Waals surface area (Å²) in [5.74, 6) is 0. The van der Waals surface area contributed by atoms with Gasteiger partial charge in [-0.15, -0.1) is 0 Å². The van der Waals surface area contributed by atoms with Crippen molar-refractivity contribution in [1.29, 1.82) is 0 Å². The second-order valence-corrected chi connectivity index (χ2v) is 17.1. The number of hydrogen-bond acceptors (Lipinski definition) is 0. The molecule has 0 aromatic heterocycles. The second-order valence-electron chi connectivity index (χ2n) is 4.08. The Balaban J connectivity index is 2.56.